The molecule has 1 atom stereocenters. The molecule has 1 aliphatic heterocycles. The van der Waals surface area contributed by atoms with Crippen LogP contribution < -0.4 is 16.0 Å². The summed E-state index contributed by atoms with van der Waals surface area (Å²) in [4.78, 5) is 0. The van der Waals surface area contributed by atoms with Crippen LogP contribution in [0.25, 0.3) is 0 Å². The van der Waals surface area contributed by atoms with Crippen LogP contribution in [0, 0.1) is 11.2 Å². The summed E-state index contributed by atoms with van der Waals surface area (Å²) in [6.45, 7) is 7.04. The smallest absolute Gasteiger partial charge is 0.385 e. The Bertz CT molecular complexity index is 958. The molecule has 0 radical (unpaired) electrons. The van der Waals surface area contributed by atoms with E-state index in [4.69, 9.17) is 28.6 Å². The first-order valence-corrected chi connectivity index (χ1v) is 11.0. The van der Waals surface area contributed by atoms with E-state index >= 15 is 0 Å². The van der Waals surface area contributed by atoms with Crippen molar-refractivity contribution in [1.82, 2.24) is 5.32 Å². The largest absolute Gasteiger partial charge is 0.433 e. The van der Waals surface area contributed by atoms with Crippen molar-refractivity contribution in [3.63, 3.8) is 0 Å². The van der Waals surface area contributed by atoms with Gasteiger partial charge >= 0.3 is 6.18 Å². The molecule has 0 bridgehead atoms. The highest BCUT2D eigenvalue weighted by Crippen LogP contribution is 2.41. The molecular formula is C22H26Cl2F4N4. The number of rotatable bonds is 6. The Morgan fingerprint density at radius 3 is 2.44 bits per heavy atom. The van der Waals surface area contributed by atoms with Gasteiger partial charge in [-0.05, 0) is 50.2 Å². The first kappa shape index (κ1) is 26.2. The van der Waals surface area contributed by atoms with Gasteiger partial charge in [0.25, 0.3) is 0 Å². The normalized spacial score (nSPS) is 18.0. The standard InChI is InChI=1S/C20H20Cl2F4N4.C2H6/c1-2-29-15-9-11(3-4-12(15)18(27)20(24,25)26)30-19(7-8-28-10-19)16-14(23)6-5-13(21)17(16)22;1-2/h3-6,9,27-30H,2,7-8,10H2,1H3;1-2H3. The predicted molar refractivity (Wildman–Crippen MR) is 124 cm³/mol. The van der Waals surface area contributed by atoms with E-state index in [1.807, 2.05) is 13.8 Å². The average Bonchev–Trinajstić information content (AvgIpc) is 3.21. The van der Waals surface area contributed by atoms with Gasteiger partial charge in [-0.2, -0.15) is 13.2 Å². The molecule has 176 valence electrons. The maximum absolute atomic E-state index is 14.8. The molecule has 1 fully saturated rings. The molecule has 1 heterocycles. The summed E-state index contributed by atoms with van der Waals surface area (Å²) in [6.07, 6.45) is -4.28. The van der Waals surface area contributed by atoms with Gasteiger partial charge in [0.1, 0.15) is 11.5 Å². The van der Waals surface area contributed by atoms with Gasteiger partial charge in [0.15, 0.2) is 0 Å². The van der Waals surface area contributed by atoms with Crippen molar-refractivity contribution in [1.29, 1.82) is 5.41 Å². The van der Waals surface area contributed by atoms with Gasteiger partial charge in [-0.25, -0.2) is 4.39 Å². The molecule has 0 spiro atoms. The van der Waals surface area contributed by atoms with Crippen LogP contribution in [0.1, 0.15) is 38.3 Å². The van der Waals surface area contributed by atoms with Crippen molar-refractivity contribution >= 4 is 40.3 Å². The summed E-state index contributed by atoms with van der Waals surface area (Å²) in [5.41, 5.74) is -1.81. The van der Waals surface area contributed by atoms with E-state index in [2.05, 4.69) is 16.0 Å². The third kappa shape index (κ3) is 5.47. The Kier molecular flexibility index (Phi) is 8.79. The summed E-state index contributed by atoms with van der Waals surface area (Å²) in [7, 11) is 0. The highest BCUT2D eigenvalue weighted by Gasteiger charge is 2.41. The van der Waals surface area contributed by atoms with Gasteiger partial charge in [0.05, 0.1) is 15.6 Å². The van der Waals surface area contributed by atoms with Crippen LogP contribution in [-0.2, 0) is 5.54 Å². The molecule has 10 heteroatoms. The second kappa shape index (κ2) is 10.7. The number of benzene rings is 2. The van der Waals surface area contributed by atoms with Gasteiger partial charge in [0, 0.05) is 35.6 Å². The minimum absolute atomic E-state index is 0.0928. The predicted octanol–water partition coefficient (Wildman–Crippen LogP) is 6.82. The summed E-state index contributed by atoms with van der Waals surface area (Å²) in [6, 6.07) is 6.76. The molecule has 1 saturated heterocycles. The van der Waals surface area contributed by atoms with E-state index in [9.17, 15) is 17.6 Å². The third-order valence-electron chi connectivity index (χ3n) is 5.00. The monoisotopic (exact) mass is 492 g/mol. The fourth-order valence-corrected chi connectivity index (χ4v) is 4.14. The number of anilines is 2. The van der Waals surface area contributed by atoms with E-state index in [0.29, 0.717) is 31.7 Å². The molecular weight excluding hydrogens is 467 g/mol. The lowest BCUT2D eigenvalue weighted by Crippen LogP contribution is -2.39. The highest BCUT2D eigenvalue weighted by molar-refractivity contribution is 6.42. The van der Waals surface area contributed by atoms with Crippen molar-refractivity contribution in [2.24, 2.45) is 0 Å². The summed E-state index contributed by atoms with van der Waals surface area (Å²) in [5, 5.41) is 17.0. The molecule has 2 aromatic carbocycles. The van der Waals surface area contributed by atoms with Gasteiger partial charge in [0.2, 0.25) is 0 Å². The Morgan fingerprint density at radius 1 is 1.19 bits per heavy atom. The summed E-state index contributed by atoms with van der Waals surface area (Å²) >= 11 is 12.4. The van der Waals surface area contributed by atoms with Crippen LogP contribution >= 0.6 is 23.2 Å². The van der Waals surface area contributed by atoms with Crippen LogP contribution in [0.5, 0.6) is 0 Å². The van der Waals surface area contributed by atoms with Gasteiger partial charge in [-0.3, -0.25) is 5.41 Å². The van der Waals surface area contributed by atoms with Gasteiger partial charge < -0.3 is 16.0 Å². The number of alkyl halides is 3. The molecule has 1 aliphatic rings. The van der Waals surface area contributed by atoms with Crippen LogP contribution in [0.3, 0.4) is 0 Å². The van der Waals surface area contributed by atoms with Crippen molar-refractivity contribution < 1.29 is 17.6 Å². The van der Waals surface area contributed by atoms with Crippen LogP contribution in [0.2, 0.25) is 10.0 Å². The van der Waals surface area contributed by atoms with Crippen LogP contribution in [-0.4, -0.2) is 31.5 Å². The zero-order chi connectivity index (χ0) is 24.1. The van der Waals surface area contributed by atoms with E-state index in [-0.39, 0.29) is 26.9 Å². The lowest BCUT2D eigenvalue weighted by molar-refractivity contribution is -0.0587. The van der Waals surface area contributed by atoms with Crippen molar-refractivity contribution in [2.75, 3.05) is 30.3 Å². The van der Waals surface area contributed by atoms with E-state index in [1.54, 1.807) is 6.92 Å². The van der Waals surface area contributed by atoms with Gasteiger partial charge in [-0.1, -0.05) is 37.0 Å². The topological polar surface area (TPSA) is 59.9 Å². The molecule has 0 amide bonds. The Labute approximate surface area is 195 Å². The van der Waals surface area contributed by atoms with E-state index < -0.39 is 23.2 Å². The zero-order valence-corrected chi connectivity index (χ0v) is 19.5. The lowest BCUT2D eigenvalue weighted by Gasteiger charge is -2.33. The van der Waals surface area contributed by atoms with Gasteiger partial charge in [-0.15, -0.1) is 0 Å². The minimum Gasteiger partial charge on any atom is -0.385 e. The zero-order valence-electron chi connectivity index (χ0n) is 18.0. The summed E-state index contributed by atoms with van der Waals surface area (Å²) in [5.74, 6) is -0.525. The second-order valence-electron chi connectivity index (χ2n) is 7.02. The number of halogens is 6. The fraction of sp³-hybridized carbons (Fsp3) is 0.409. The Balaban J connectivity index is 0.00000176. The number of nitrogens with one attached hydrogen (secondary N) is 4. The molecule has 0 aromatic heterocycles. The highest BCUT2D eigenvalue weighted by atomic mass is 35.5. The van der Waals surface area contributed by atoms with Crippen molar-refractivity contribution in [3.05, 3.63) is 57.3 Å². The molecule has 4 N–H and O–H groups in total. The molecule has 3 rings (SSSR count). The van der Waals surface area contributed by atoms with Crippen LogP contribution in [0.15, 0.2) is 30.3 Å². The molecule has 2 aromatic rings. The maximum Gasteiger partial charge on any atom is 0.433 e. The second-order valence-corrected chi connectivity index (χ2v) is 7.80. The number of hydrogen-bond donors (Lipinski definition) is 4. The maximum atomic E-state index is 14.8. The van der Waals surface area contributed by atoms with E-state index in [0.717, 1.165) is 0 Å². The average molecular weight is 493 g/mol. The van der Waals surface area contributed by atoms with Crippen LogP contribution in [0.4, 0.5) is 28.9 Å². The first-order chi connectivity index (χ1) is 15.1. The third-order valence-corrected chi connectivity index (χ3v) is 5.81. The summed E-state index contributed by atoms with van der Waals surface area (Å²) < 4.78 is 53.9. The quantitative estimate of drug-likeness (QED) is 0.203. The molecule has 0 aliphatic carbocycles. The molecule has 1 unspecified atom stereocenters. The Hall–Kier alpha value is -2.03. The lowest BCUT2D eigenvalue weighted by atomic mass is 9.87. The minimum atomic E-state index is -4.77. The molecule has 32 heavy (non-hydrogen) atoms. The molecule has 0 saturated carbocycles. The molecule has 4 nitrogen and oxygen atoms in total. The number of hydrogen-bond acceptors (Lipinski definition) is 4. The Morgan fingerprint density at radius 2 is 1.88 bits per heavy atom. The first-order valence-electron chi connectivity index (χ1n) is 10.3. The SMILES string of the molecule is CC.CCNc1cc(NC2(c3c(F)ccc(Cl)c3Cl)CCNC2)ccc1C(=N)C(F)(F)F. The fourth-order valence-electron chi connectivity index (χ4n) is 3.65. The van der Waals surface area contributed by atoms with Crippen molar-refractivity contribution in [2.45, 2.75) is 38.9 Å². The van der Waals surface area contributed by atoms with E-state index in [1.165, 1.54) is 30.3 Å². The van der Waals surface area contributed by atoms with Crippen molar-refractivity contribution in [3.8, 4) is 0 Å².